The minimum atomic E-state index is 0.463. The van der Waals surface area contributed by atoms with Crippen LogP contribution in [0.4, 0.5) is 5.69 Å². The van der Waals surface area contributed by atoms with Crippen LogP contribution in [-0.2, 0) is 0 Å². The van der Waals surface area contributed by atoms with E-state index in [1.807, 2.05) is 0 Å². The molecule has 3 saturated carbocycles. The molecule has 0 N–H and O–H groups in total. The van der Waals surface area contributed by atoms with E-state index in [1.165, 1.54) is 135 Å². The van der Waals surface area contributed by atoms with E-state index in [9.17, 15) is 0 Å². The maximum atomic E-state index is 3.17. The maximum Gasteiger partial charge on any atom is 0.0371 e. The van der Waals surface area contributed by atoms with E-state index in [2.05, 4.69) is 67.5 Å². The molecule has 4 saturated heterocycles. The largest absolute Gasteiger partial charge is 0.368 e. The van der Waals surface area contributed by atoms with Crippen LogP contribution in [0.25, 0.3) is 0 Å². The van der Waals surface area contributed by atoms with Crippen LogP contribution in [0.5, 0.6) is 0 Å². The molecule has 4 heterocycles. The fourth-order valence-electron chi connectivity index (χ4n) is 12.4. The normalized spacial score (nSPS) is 40.7. The molecule has 4 aliphatic heterocycles. The first-order chi connectivity index (χ1) is 22.9. The molecule has 3 aliphatic carbocycles. The van der Waals surface area contributed by atoms with Crippen LogP contribution in [0.2, 0.25) is 0 Å². The predicted octanol–water partition coefficient (Wildman–Crippen LogP) is 10.5. The molecule has 8 rings (SSSR count). The van der Waals surface area contributed by atoms with E-state index in [0.717, 1.165) is 53.5 Å². The lowest BCUT2D eigenvalue weighted by atomic mass is 9.67. The Morgan fingerprint density at radius 2 is 1.57 bits per heavy atom. The van der Waals surface area contributed by atoms with Gasteiger partial charge in [0, 0.05) is 49.5 Å². The number of rotatable bonds is 12. The molecule has 11 unspecified atom stereocenters. The summed E-state index contributed by atoms with van der Waals surface area (Å²) in [6.07, 6.45) is 23.2. The molecule has 7 aliphatic rings. The summed E-state index contributed by atoms with van der Waals surface area (Å²) < 4.78 is 0. The van der Waals surface area contributed by atoms with E-state index in [1.54, 1.807) is 16.8 Å². The highest BCUT2D eigenvalue weighted by molar-refractivity contribution is 5.55. The van der Waals surface area contributed by atoms with Crippen molar-refractivity contribution in [3.8, 4) is 0 Å². The van der Waals surface area contributed by atoms with Gasteiger partial charge in [-0.25, -0.2) is 0 Å². The Labute approximate surface area is 290 Å². The number of nitrogens with zero attached hydrogens (tertiary/aromatic N) is 3. The summed E-state index contributed by atoms with van der Waals surface area (Å²) in [6.45, 7) is 19.7. The average molecular weight is 642 g/mol. The zero-order valence-electron chi connectivity index (χ0n) is 31.3. The summed E-state index contributed by atoms with van der Waals surface area (Å²) in [5.41, 5.74) is 5.56. The number of anilines is 1. The third-order valence-electron chi connectivity index (χ3n) is 16.2. The van der Waals surface area contributed by atoms with Gasteiger partial charge in [-0.2, -0.15) is 0 Å². The molecule has 7 fully saturated rings. The summed E-state index contributed by atoms with van der Waals surface area (Å²) in [7, 11) is 0. The minimum absolute atomic E-state index is 0.463. The average Bonchev–Trinajstić information content (AvgIpc) is 3.90. The predicted molar refractivity (Wildman–Crippen MR) is 199 cm³/mol. The Hall–Kier alpha value is -1.06. The highest BCUT2D eigenvalue weighted by Gasteiger charge is 2.58. The topological polar surface area (TPSA) is 9.49 Å². The van der Waals surface area contributed by atoms with Gasteiger partial charge in [0.1, 0.15) is 0 Å². The lowest BCUT2D eigenvalue weighted by molar-refractivity contribution is -0.0349. The molecule has 0 amide bonds. The highest BCUT2D eigenvalue weighted by atomic mass is 15.3. The highest BCUT2D eigenvalue weighted by Crippen LogP contribution is 2.59. The lowest BCUT2D eigenvalue weighted by Crippen LogP contribution is -2.59. The quantitative estimate of drug-likeness (QED) is 0.166. The van der Waals surface area contributed by atoms with E-state index in [4.69, 9.17) is 0 Å². The molecule has 1 aromatic carbocycles. The van der Waals surface area contributed by atoms with Gasteiger partial charge in [0.25, 0.3) is 0 Å². The van der Waals surface area contributed by atoms with E-state index in [-0.39, 0.29) is 0 Å². The zero-order chi connectivity index (χ0) is 32.3. The van der Waals surface area contributed by atoms with Crippen molar-refractivity contribution < 1.29 is 0 Å². The van der Waals surface area contributed by atoms with Gasteiger partial charge in [-0.3, -0.25) is 9.80 Å². The minimum Gasteiger partial charge on any atom is -0.368 e. The van der Waals surface area contributed by atoms with Crippen molar-refractivity contribution >= 4 is 5.69 Å². The van der Waals surface area contributed by atoms with Crippen LogP contribution in [0.3, 0.4) is 0 Å². The lowest BCUT2D eigenvalue weighted by Gasteiger charge is -2.53. The van der Waals surface area contributed by atoms with Crippen LogP contribution < -0.4 is 4.90 Å². The fourth-order valence-corrected chi connectivity index (χ4v) is 12.4. The van der Waals surface area contributed by atoms with Crippen molar-refractivity contribution in [3.63, 3.8) is 0 Å². The Balaban J connectivity index is 1.10. The summed E-state index contributed by atoms with van der Waals surface area (Å²) in [5.74, 6) is 7.71. The first kappa shape index (κ1) is 33.1. The Bertz CT molecular complexity index is 1210. The van der Waals surface area contributed by atoms with Gasteiger partial charge in [-0.15, -0.1) is 0 Å². The van der Waals surface area contributed by atoms with E-state index < -0.39 is 0 Å². The maximum absolute atomic E-state index is 3.17. The van der Waals surface area contributed by atoms with Crippen LogP contribution >= 0.6 is 0 Å². The van der Waals surface area contributed by atoms with Crippen molar-refractivity contribution in [2.45, 2.75) is 167 Å². The Morgan fingerprint density at radius 1 is 0.830 bits per heavy atom. The SMILES string of the molecule is CCC(c1cc(N2CCC2CCCN2CC2C)ccc1C(C)C1CCCCCC1)C1CN2CC(CCC(C3CC3)C2(C)C2CC2)C1C. The number of hydrogen-bond donors (Lipinski definition) is 0. The second-order valence-electron chi connectivity index (χ2n) is 18.7. The fraction of sp³-hybridized carbons (Fsp3) is 0.864. The molecular formula is C44H71N3. The second-order valence-corrected chi connectivity index (χ2v) is 18.7. The van der Waals surface area contributed by atoms with E-state index in [0.29, 0.717) is 17.4 Å². The van der Waals surface area contributed by atoms with E-state index >= 15 is 0 Å². The smallest absolute Gasteiger partial charge is 0.0371 e. The third kappa shape index (κ3) is 6.50. The van der Waals surface area contributed by atoms with Gasteiger partial charge < -0.3 is 4.90 Å². The monoisotopic (exact) mass is 642 g/mol. The van der Waals surface area contributed by atoms with Crippen molar-refractivity contribution in [2.75, 3.05) is 37.6 Å². The van der Waals surface area contributed by atoms with Crippen LogP contribution in [-0.4, -0.2) is 60.1 Å². The van der Waals surface area contributed by atoms with Crippen molar-refractivity contribution in [3.05, 3.63) is 29.3 Å². The van der Waals surface area contributed by atoms with Gasteiger partial charge in [0.2, 0.25) is 0 Å². The van der Waals surface area contributed by atoms with Gasteiger partial charge >= 0.3 is 0 Å². The van der Waals surface area contributed by atoms with Crippen LogP contribution in [0.15, 0.2) is 18.2 Å². The molecule has 47 heavy (non-hydrogen) atoms. The molecule has 0 radical (unpaired) electrons. The van der Waals surface area contributed by atoms with Gasteiger partial charge in [0.05, 0.1) is 0 Å². The molecule has 11 atom stereocenters. The first-order valence-electron chi connectivity index (χ1n) is 21.3. The van der Waals surface area contributed by atoms with Gasteiger partial charge in [0.15, 0.2) is 0 Å². The molecule has 2 bridgehead atoms. The third-order valence-corrected chi connectivity index (χ3v) is 16.2. The second kappa shape index (κ2) is 13.6. The molecule has 3 heteroatoms. The summed E-state index contributed by atoms with van der Waals surface area (Å²) in [5, 5.41) is 0. The molecule has 0 aromatic heterocycles. The molecule has 1 aromatic rings. The number of hydrogen-bond acceptors (Lipinski definition) is 3. The molecule has 0 spiro atoms. The Morgan fingerprint density at radius 3 is 2.21 bits per heavy atom. The molecule has 262 valence electrons. The Kier molecular flexibility index (Phi) is 9.56. The number of fused-ring (bicyclic) bond motifs is 2. The van der Waals surface area contributed by atoms with Gasteiger partial charge in [-0.05, 0) is 174 Å². The zero-order valence-corrected chi connectivity index (χ0v) is 31.3. The van der Waals surface area contributed by atoms with Crippen molar-refractivity contribution in [1.29, 1.82) is 0 Å². The number of benzene rings is 1. The first-order valence-corrected chi connectivity index (χ1v) is 21.3. The summed E-state index contributed by atoms with van der Waals surface area (Å²) >= 11 is 0. The number of piperidine rings is 1. The summed E-state index contributed by atoms with van der Waals surface area (Å²) in [6, 6.07) is 9.64. The summed E-state index contributed by atoms with van der Waals surface area (Å²) in [4.78, 5) is 8.63. The molecule has 3 nitrogen and oxygen atoms in total. The van der Waals surface area contributed by atoms with Gasteiger partial charge in [-0.1, -0.05) is 52.5 Å². The van der Waals surface area contributed by atoms with Crippen LogP contribution in [0, 0.1) is 41.4 Å². The van der Waals surface area contributed by atoms with Crippen molar-refractivity contribution in [1.82, 2.24) is 9.80 Å². The van der Waals surface area contributed by atoms with Crippen LogP contribution in [0.1, 0.15) is 160 Å². The standard InChI is InChI=1S/C44H71N3/c1-6-39(42-29-46-28-35(32(42)4)17-22-43(34-15-16-34)44(46,5)36-18-19-36)41-26-38(47-25-23-37(47)14-11-24-45-27-30(45)2)20-21-40(41)31(3)33-12-9-7-8-10-13-33/h20-21,26,30-37,39,42-43H,6-19,22-25,27-29H2,1-5H3. The van der Waals surface area contributed by atoms with Crippen molar-refractivity contribution in [2.24, 2.45) is 41.4 Å². The molecular weight excluding hydrogens is 571 g/mol.